The van der Waals surface area contributed by atoms with Crippen LogP contribution in [0.2, 0.25) is 5.15 Å². The second-order valence-electron chi connectivity index (χ2n) is 4.66. The van der Waals surface area contributed by atoms with Crippen molar-refractivity contribution in [2.45, 2.75) is 12.3 Å². The van der Waals surface area contributed by atoms with E-state index in [9.17, 15) is 0 Å². The fourth-order valence-corrected chi connectivity index (χ4v) is 2.48. The summed E-state index contributed by atoms with van der Waals surface area (Å²) in [6.45, 7) is 0.757. The van der Waals surface area contributed by atoms with E-state index in [-0.39, 0.29) is 0 Å². The minimum Gasteiger partial charge on any atom is -0.384 e. The molecule has 0 saturated heterocycles. The highest BCUT2D eigenvalue weighted by atomic mass is 35.5. The lowest BCUT2D eigenvalue weighted by atomic mass is 10.1. The van der Waals surface area contributed by atoms with Crippen LogP contribution in [0.3, 0.4) is 0 Å². The zero-order valence-electron chi connectivity index (χ0n) is 10.5. The number of rotatable bonds is 4. The number of hydrogen-bond donors (Lipinski definition) is 0. The maximum atomic E-state index is 6.14. The highest BCUT2D eigenvalue weighted by Crippen LogP contribution is 2.49. The molecule has 1 aliphatic rings. The van der Waals surface area contributed by atoms with E-state index in [4.69, 9.17) is 16.3 Å². The molecule has 1 saturated carbocycles. The first-order valence-corrected chi connectivity index (χ1v) is 6.45. The van der Waals surface area contributed by atoms with Crippen LogP contribution in [-0.4, -0.2) is 33.9 Å². The molecule has 0 radical (unpaired) electrons. The van der Waals surface area contributed by atoms with E-state index in [2.05, 4.69) is 20.2 Å². The second-order valence-corrected chi connectivity index (χ2v) is 5.02. The summed E-state index contributed by atoms with van der Waals surface area (Å²) in [4.78, 5) is 7.97. The van der Waals surface area contributed by atoms with Crippen molar-refractivity contribution in [3.8, 4) is 11.3 Å². The van der Waals surface area contributed by atoms with Gasteiger partial charge < -0.3 is 4.74 Å². The molecular formula is C13H13ClN4O. The van der Waals surface area contributed by atoms with E-state index in [0.29, 0.717) is 17.0 Å². The Morgan fingerprint density at radius 2 is 2.11 bits per heavy atom. The topological polar surface area (TPSA) is 60.8 Å². The molecule has 1 aliphatic carbocycles. The lowest BCUT2D eigenvalue weighted by Gasteiger charge is -2.05. The van der Waals surface area contributed by atoms with Gasteiger partial charge in [-0.05, 0) is 29.9 Å². The normalized spacial score (nSPS) is 21.4. The lowest BCUT2D eigenvalue weighted by molar-refractivity contribution is 0.184. The Balaban J connectivity index is 1.90. The molecule has 2 atom stereocenters. The Labute approximate surface area is 116 Å². The fraction of sp³-hybridized carbons (Fsp3) is 0.385. The first-order valence-electron chi connectivity index (χ1n) is 6.07. The predicted octanol–water partition coefficient (Wildman–Crippen LogP) is 2.34. The van der Waals surface area contributed by atoms with Gasteiger partial charge in [0.15, 0.2) is 5.15 Å². The van der Waals surface area contributed by atoms with Crippen LogP contribution in [0.4, 0.5) is 0 Å². The molecule has 19 heavy (non-hydrogen) atoms. The summed E-state index contributed by atoms with van der Waals surface area (Å²) >= 11 is 6.14. The van der Waals surface area contributed by atoms with E-state index < -0.39 is 0 Å². The Morgan fingerprint density at radius 3 is 2.84 bits per heavy atom. The molecule has 98 valence electrons. The molecule has 0 aliphatic heterocycles. The van der Waals surface area contributed by atoms with Gasteiger partial charge in [0.05, 0.1) is 5.69 Å². The van der Waals surface area contributed by atoms with Crippen LogP contribution in [-0.2, 0) is 4.74 Å². The molecule has 0 amide bonds. The minimum atomic E-state index is 0.423. The predicted molar refractivity (Wildman–Crippen MR) is 70.8 cm³/mol. The molecule has 0 bridgehead atoms. The quantitative estimate of drug-likeness (QED) is 0.858. The third-order valence-corrected chi connectivity index (χ3v) is 3.63. The van der Waals surface area contributed by atoms with Crippen molar-refractivity contribution in [1.29, 1.82) is 0 Å². The van der Waals surface area contributed by atoms with Crippen LogP contribution in [0.1, 0.15) is 17.9 Å². The van der Waals surface area contributed by atoms with Crippen LogP contribution in [0.15, 0.2) is 24.8 Å². The first kappa shape index (κ1) is 12.4. The van der Waals surface area contributed by atoms with Gasteiger partial charge in [-0.3, -0.25) is 0 Å². The number of nitrogens with zero attached hydrogens (tertiary/aromatic N) is 4. The summed E-state index contributed by atoms with van der Waals surface area (Å²) in [7, 11) is 1.72. The minimum absolute atomic E-state index is 0.423. The van der Waals surface area contributed by atoms with Crippen LogP contribution in [0.25, 0.3) is 11.3 Å². The van der Waals surface area contributed by atoms with Gasteiger partial charge in [-0.25, -0.2) is 9.97 Å². The highest BCUT2D eigenvalue weighted by Gasteiger charge is 2.40. The first-order chi connectivity index (χ1) is 9.29. The molecule has 3 rings (SSSR count). The molecule has 0 unspecified atom stereocenters. The summed E-state index contributed by atoms with van der Waals surface area (Å²) in [5.41, 5.74) is 2.64. The maximum Gasteiger partial charge on any atom is 0.155 e. The zero-order valence-corrected chi connectivity index (χ0v) is 11.2. The third kappa shape index (κ3) is 2.57. The number of hydrogen-bond acceptors (Lipinski definition) is 5. The lowest BCUT2D eigenvalue weighted by Crippen LogP contribution is -1.97. The van der Waals surface area contributed by atoms with E-state index in [1.54, 1.807) is 19.5 Å². The van der Waals surface area contributed by atoms with Crippen molar-refractivity contribution >= 4 is 11.6 Å². The summed E-state index contributed by atoms with van der Waals surface area (Å²) in [5, 5.41) is 8.60. The number of aromatic nitrogens is 4. The van der Waals surface area contributed by atoms with Crippen molar-refractivity contribution in [2.24, 2.45) is 5.92 Å². The van der Waals surface area contributed by atoms with E-state index in [0.717, 1.165) is 29.8 Å². The van der Waals surface area contributed by atoms with Gasteiger partial charge in [0.1, 0.15) is 6.33 Å². The number of ether oxygens (including phenoxy) is 1. The number of halogens is 1. The Kier molecular flexibility index (Phi) is 3.40. The van der Waals surface area contributed by atoms with Gasteiger partial charge in [0.25, 0.3) is 0 Å². The Hall–Kier alpha value is -1.59. The van der Waals surface area contributed by atoms with Crippen LogP contribution in [0, 0.1) is 5.92 Å². The van der Waals surface area contributed by atoms with Gasteiger partial charge in [0, 0.05) is 31.7 Å². The van der Waals surface area contributed by atoms with Gasteiger partial charge in [-0.2, -0.15) is 0 Å². The molecule has 0 aromatic carbocycles. The highest BCUT2D eigenvalue weighted by molar-refractivity contribution is 6.30. The van der Waals surface area contributed by atoms with Gasteiger partial charge in [-0.15, -0.1) is 10.2 Å². The SMILES string of the molecule is COC[C@H]1C[C@@H]1c1cc(-c2cncnc2)nnc1Cl. The zero-order chi connectivity index (χ0) is 13.2. The standard InChI is InChI=1S/C13H13ClN4O/c1-19-6-8-2-10(8)11-3-12(17-18-13(11)14)9-4-15-7-16-5-9/h3-5,7-8,10H,2,6H2,1H3/t8-,10+/m1/s1. The van der Waals surface area contributed by atoms with E-state index in [1.807, 2.05) is 6.07 Å². The molecular weight excluding hydrogens is 264 g/mol. The summed E-state index contributed by atoms with van der Waals surface area (Å²) < 4.78 is 5.17. The summed E-state index contributed by atoms with van der Waals surface area (Å²) in [6, 6.07) is 1.98. The molecule has 2 aromatic heterocycles. The van der Waals surface area contributed by atoms with Crippen molar-refractivity contribution in [3.63, 3.8) is 0 Å². The van der Waals surface area contributed by atoms with Gasteiger partial charge >= 0.3 is 0 Å². The van der Waals surface area contributed by atoms with Crippen LogP contribution in [0.5, 0.6) is 0 Å². The van der Waals surface area contributed by atoms with Gasteiger partial charge in [0.2, 0.25) is 0 Å². The monoisotopic (exact) mass is 276 g/mol. The Bertz CT molecular complexity index is 578. The number of methoxy groups -OCH3 is 1. The maximum absolute atomic E-state index is 6.14. The van der Waals surface area contributed by atoms with Crippen LogP contribution < -0.4 is 0 Å². The molecule has 2 heterocycles. The van der Waals surface area contributed by atoms with E-state index >= 15 is 0 Å². The van der Waals surface area contributed by atoms with Crippen molar-refractivity contribution in [3.05, 3.63) is 35.5 Å². The average Bonchev–Trinajstić information content (AvgIpc) is 3.20. The van der Waals surface area contributed by atoms with Crippen LogP contribution >= 0.6 is 11.6 Å². The van der Waals surface area contributed by atoms with Crippen molar-refractivity contribution in [2.75, 3.05) is 13.7 Å². The smallest absolute Gasteiger partial charge is 0.155 e. The van der Waals surface area contributed by atoms with Crippen molar-refractivity contribution < 1.29 is 4.74 Å². The largest absolute Gasteiger partial charge is 0.384 e. The molecule has 2 aromatic rings. The van der Waals surface area contributed by atoms with Crippen molar-refractivity contribution in [1.82, 2.24) is 20.2 Å². The van der Waals surface area contributed by atoms with E-state index in [1.165, 1.54) is 6.33 Å². The fourth-order valence-electron chi connectivity index (χ4n) is 2.25. The summed E-state index contributed by atoms with van der Waals surface area (Å²) in [6.07, 6.45) is 6.01. The third-order valence-electron chi connectivity index (χ3n) is 3.34. The average molecular weight is 277 g/mol. The molecule has 5 nitrogen and oxygen atoms in total. The molecule has 6 heteroatoms. The summed E-state index contributed by atoms with van der Waals surface area (Å²) in [5.74, 6) is 0.956. The molecule has 1 fully saturated rings. The second kappa shape index (κ2) is 5.19. The van der Waals surface area contributed by atoms with Gasteiger partial charge in [-0.1, -0.05) is 11.6 Å². The Morgan fingerprint density at radius 1 is 1.32 bits per heavy atom. The molecule has 0 N–H and O–H groups in total. The molecule has 0 spiro atoms.